The Labute approximate surface area is 132 Å². The van der Waals surface area contributed by atoms with Crippen LogP contribution in [0.15, 0.2) is 18.2 Å². The SMILES string of the molecule is CN(C1CCCCC1)C1C(O)c2cc(F)ccc2OC1(C)C. The fourth-order valence-corrected chi connectivity index (χ4v) is 4.17. The van der Waals surface area contributed by atoms with Crippen molar-refractivity contribution in [3.05, 3.63) is 29.6 Å². The summed E-state index contributed by atoms with van der Waals surface area (Å²) in [5.41, 5.74) is 0.0446. The van der Waals surface area contributed by atoms with Crippen LogP contribution in [0.2, 0.25) is 0 Å². The molecule has 1 aliphatic heterocycles. The van der Waals surface area contributed by atoms with Gasteiger partial charge in [-0.1, -0.05) is 19.3 Å². The lowest BCUT2D eigenvalue weighted by molar-refractivity contribution is -0.0905. The van der Waals surface area contributed by atoms with E-state index in [2.05, 4.69) is 11.9 Å². The summed E-state index contributed by atoms with van der Waals surface area (Å²) >= 11 is 0. The maximum atomic E-state index is 13.6. The van der Waals surface area contributed by atoms with Crippen LogP contribution in [-0.4, -0.2) is 34.7 Å². The Morgan fingerprint density at radius 3 is 2.59 bits per heavy atom. The highest BCUT2D eigenvalue weighted by atomic mass is 19.1. The maximum absolute atomic E-state index is 13.6. The highest BCUT2D eigenvalue weighted by molar-refractivity contribution is 5.40. The molecule has 0 spiro atoms. The summed E-state index contributed by atoms with van der Waals surface area (Å²) in [6.07, 6.45) is 5.36. The number of aliphatic hydroxyl groups excluding tert-OH is 1. The van der Waals surface area contributed by atoms with Crippen molar-refractivity contribution in [2.75, 3.05) is 7.05 Å². The smallest absolute Gasteiger partial charge is 0.126 e. The second-order valence-electron chi connectivity index (χ2n) is 7.23. The monoisotopic (exact) mass is 307 g/mol. The van der Waals surface area contributed by atoms with E-state index in [-0.39, 0.29) is 11.9 Å². The van der Waals surface area contributed by atoms with Crippen LogP contribution in [0.4, 0.5) is 4.39 Å². The average molecular weight is 307 g/mol. The van der Waals surface area contributed by atoms with E-state index >= 15 is 0 Å². The number of nitrogens with zero attached hydrogens (tertiary/aromatic N) is 1. The van der Waals surface area contributed by atoms with E-state index in [1.54, 1.807) is 6.07 Å². The molecule has 0 saturated heterocycles. The van der Waals surface area contributed by atoms with Gasteiger partial charge in [0.25, 0.3) is 0 Å². The highest BCUT2D eigenvalue weighted by Gasteiger charge is 2.47. The minimum Gasteiger partial charge on any atom is -0.486 e. The minimum atomic E-state index is -0.735. The number of benzene rings is 1. The first-order valence-electron chi connectivity index (χ1n) is 8.28. The number of rotatable bonds is 2. The van der Waals surface area contributed by atoms with Crippen LogP contribution in [0, 0.1) is 5.82 Å². The molecule has 3 rings (SSSR count). The quantitative estimate of drug-likeness (QED) is 0.905. The Kier molecular flexibility index (Phi) is 4.17. The first kappa shape index (κ1) is 15.8. The van der Waals surface area contributed by atoms with Gasteiger partial charge >= 0.3 is 0 Å². The molecule has 3 nitrogen and oxygen atoms in total. The van der Waals surface area contributed by atoms with Gasteiger partial charge in [0, 0.05) is 11.6 Å². The van der Waals surface area contributed by atoms with E-state index < -0.39 is 11.7 Å². The predicted octanol–water partition coefficient (Wildman–Crippen LogP) is 3.66. The zero-order chi connectivity index (χ0) is 15.9. The fourth-order valence-electron chi connectivity index (χ4n) is 4.17. The lowest BCUT2D eigenvalue weighted by Crippen LogP contribution is -2.59. The van der Waals surface area contributed by atoms with Crippen LogP contribution in [0.5, 0.6) is 5.75 Å². The Morgan fingerprint density at radius 2 is 1.91 bits per heavy atom. The summed E-state index contributed by atoms with van der Waals surface area (Å²) in [4.78, 5) is 2.26. The van der Waals surface area contributed by atoms with E-state index in [1.807, 2.05) is 13.8 Å². The van der Waals surface area contributed by atoms with E-state index in [4.69, 9.17) is 4.74 Å². The normalized spacial score (nSPS) is 28.3. The van der Waals surface area contributed by atoms with Gasteiger partial charge < -0.3 is 9.84 Å². The van der Waals surface area contributed by atoms with E-state index in [9.17, 15) is 9.50 Å². The van der Waals surface area contributed by atoms with Crippen LogP contribution in [-0.2, 0) is 0 Å². The largest absolute Gasteiger partial charge is 0.486 e. The van der Waals surface area contributed by atoms with Gasteiger partial charge in [0.1, 0.15) is 23.3 Å². The van der Waals surface area contributed by atoms with Gasteiger partial charge in [-0.05, 0) is 51.9 Å². The van der Waals surface area contributed by atoms with Crippen molar-refractivity contribution in [2.45, 2.75) is 69.7 Å². The van der Waals surface area contributed by atoms with Crippen molar-refractivity contribution in [1.82, 2.24) is 4.90 Å². The Balaban J connectivity index is 1.92. The van der Waals surface area contributed by atoms with Crippen molar-refractivity contribution in [3.8, 4) is 5.75 Å². The zero-order valence-electron chi connectivity index (χ0n) is 13.7. The highest BCUT2D eigenvalue weighted by Crippen LogP contribution is 2.43. The minimum absolute atomic E-state index is 0.176. The molecule has 0 radical (unpaired) electrons. The molecule has 0 aromatic heterocycles. The summed E-state index contributed by atoms with van der Waals surface area (Å²) in [7, 11) is 2.07. The standard InChI is InChI=1S/C18H26FNO2/c1-18(2)17(20(3)13-7-5-4-6-8-13)16(21)14-11-12(19)9-10-15(14)22-18/h9-11,13,16-17,21H,4-8H2,1-3H3. The van der Waals surface area contributed by atoms with Crippen LogP contribution in [0.1, 0.15) is 57.6 Å². The van der Waals surface area contributed by atoms with E-state index in [1.165, 1.54) is 31.4 Å². The van der Waals surface area contributed by atoms with Gasteiger partial charge in [0.05, 0.1) is 6.04 Å². The first-order chi connectivity index (χ1) is 10.4. The van der Waals surface area contributed by atoms with Crippen molar-refractivity contribution in [2.24, 2.45) is 0 Å². The fraction of sp³-hybridized carbons (Fsp3) is 0.667. The van der Waals surface area contributed by atoms with Gasteiger partial charge in [-0.15, -0.1) is 0 Å². The number of hydrogen-bond donors (Lipinski definition) is 1. The number of halogens is 1. The molecule has 1 N–H and O–H groups in total. The van der Waals surface area contributed by atoms with Gasteiger partial charge in [-0.2, -0.15) is 0 Å². The molecule has 1 heterocycles. The predicted molar refractivity (Wildman–Crippen MR) is 84.5 cm³/mol. The van der Waals surface area contributed by atoms with Crippen molar-refractivity contribution in [1.29, 1.82) is 0 Å². The van der Waals surface area contributed by atoms with Crippen LogP contribution in [0.25, 0.3) is 0 Å². The van der Waals surface area contributed by atoms with E-state index in [0.29, 0.717) is 17.4 Å². The molecule has 0 bridgehead atoms. The number of fused-ring (bicyclic) bond motifs is 1. The maximum Gasteiger partial charge on any atom is 0.126 e. The topological polar surface area (TPSA) is 32.7 Å². The first-order valence-corrected chi connectivity index (χ1v) is 8.28. The van der Waals surface area contributed by atoms with Gasteiger partial charge in [-0.3, -0.25) is 4.90 Å². The van der Waals surface area contributed by atoms with Crippen LogP contribution in [0.3, 0.4) is 0 Å². The summed E-state index contributed by atoms with van der Waals surface area (Å²) in [6, 6.07) is 4.69. The molecule has 0 amide bonds. The molecule has 4 heteroatoms. The molecule has 1 fully saturated rings. The molecular formula is C18H26FNO2. The molecule has 122 valence electrons. The average Bonchev–Trinajstić information content (AvgIpc) is 2.48. The molecule has 1 aromatic carbocycles. The molecule has 1 saturated carbocycles. The molecule has 1 aromatic rings. The van der Waals surface area contributed by atoms with Gasteiger partial charge in [-0.25, -0.2) is 4.39 Å². The second-order valence-corrected chi connectivity index (χ2v) is 7.23. The van der Waals surface area contributed by atoms with Crippen molar-refractivity contribution >= 4 is 0 Å². The third-order valence-electron chi connectivity index (χ3n) is 5.26. The van der Waals surface area contributed by atoms with Crippen LogP contribution >= 0.6 is 0 Å². The summed E-state index contributed by atoms with van der Waals surface area (Å²) < 4.78 is 19.7. The lowest BCUT2D eigenvalue weighted by Gasteiger charge is -2.49. The number of hydrogen-bond acceptors (Lipinski definition) is 3. The number of likely N-dealkylation sites (N-methyl/N-ethyl adjacent to an activating group) is 1. The zero-order valence-corrected chi connectivity index (χ0v) is 13.7. The van der Waals surface area contributed by atoms with E-state index in [0.717, 1.165) is 12.8 Å². The second kappa shape index (κ2) is 5.82. The van der Waals surface area contributed by atoms with Crippen molar-refractivity contribution in [3.63, 3.8) is 0 Å². The molecule has 2 unspecified atom stereocenters. The number of aliphatic hydroxyl groups is 1. The van der Waals surface area contributed by atoms with Crippen LogP contribution < -0.4 is 4.74 Å². The van der Waals surface area contributed by atoms with Crippen molar-refractivity contribution < 1.29 is 14.2 Å². The third kappa shape index (κ3) is 2.74. The summed E-state index contributed by atoms with van der Waals surface area (Å²) in [6.45, 7) is 4.01. The Bertz CT molecular complexity index is 540. The molecule has 1 aliphatic carbocycles. The Hall–Kier alpha value is -1.13. The number of ether oxygens (including phenoxy) is 1. The summed E-state index contributed by atoms with van der Waals surface area (Å²) in [5.74, 6) is 0.257. The lowest BCUT2D eigenvalue weighted by atomic mass is 9.83. The molecular weight excluding hydrogens is 281 g/mol. The van der Waals surface area contributed by atoms with Gasteiger partial charge in [0.15, 0.2) is 0 Å². The molecule has 2 aliphatic rings. The summed E-state index contributed by atoms with van der Waals surface area (Å²) in [5, 5.41) is 10.9. The Morgan fingerprint density at radius 1 is 1.23 bits per heavy atom. The third-order valence-corrected chi connectivity index (χ3v) is 5.26. The van der Waals surface area contributed by atoms with Gasteiger partial charge in [0.2, 0.25) is 0 Å². The molecule has 22 heavy (non-hydrogen) atoms. The molecule has 2 atom stereocenters.